The van der Waals surface area contributed by atoms with Crippen LogP contribution in [0.1, 0.15) is 48.7 Å². The number of phenols is 1. The zero-order valence-electron chi connectivity index (χ0n) is 22.1. The fourth-order valence-corrected chi connectivity index (χ4v) is 6.05. The van der Waals surface area contributed by atoms with E-state index in [1.54, 1.807) is 14.1 Å². The zero-order chi connectivity index (χ0) is 28.5. The molecule has 7 N–H and O–H groups in total. The number of aliphatic hydroxyl groups is 3. The number of primary amides is 1. The molecule has 0 bridgehead atoms. The van der Waals surface area contributed by atoms with Crippen LogP contribution < -0.4 is 11.1 Å². The van der Waals surface area contributed by atoms with Gasteiger partial charge in [-0.2, -0.15) is 0 Å². The van der Waals surface area contributed by atoms with Gasteiger partial charge >= 0.3 is 0 Å². The number of hydrogen-bond acceptors (Lipinski definition) is 9. The number of likely N-dealkylation sites (N-methyl/N-ethyl adjacent to an activating group) is 1. The number of aliphatic hydroxyl groups excluding tert-OH is 2. The fraction of sp³-hybridized carbons (Fsp3) is 0.519. The smallest absolute Gasteiger partial charge is 0.255 e. The molecule has 0 spiro atoms. The molecule has 0 radical (unpaired) electrons. The number of Topliss-reactive ketones (excluding diaryl/α,β-unsaturated/α-hetero) is 2. The molecule has 10 nitrogen and oxygen atoms in total. The summed E-state index contributed by atoms with van der Waals surface area (Å²) in [7, 11) is 3.09. The van der Waals surface area contributed by atoms with E-state index in [1.165, 1.54) is 4.90 Å². The van der Waals surface area contributed by atoms with Crippen molar-refractivity contribution < 1.29 is 39.2 Å². The van der Waals surface area contributed by atoms with Crippen LogP contribution in [0.15, 0.2) is 28.7 Å². The second-order valence-electron chi connectivity index (χ2n) is 11.8. The molecule has 0 fully saturated rings. The predicted octanol–water partition coefficient (Wildman–Crippen LogP) is 1.40. The number of nitrogens with two attached hydrogens (primary N) is 1. The highest BCUT2D eigenvalue weighted by molar-refractivity contribution is 6.24. The first kappa shape index (κ1) is 27.7. The number of fused-ring (bicyclic) bond motifs is 3. The van der Waals surface area contributed by atoms with E-state index < -0.39 is 69.6 Å². The maximum Gasteiger partial charge on any atom is 0.255 e. The number of nitrogens with one attached hydrogen (secondary N) is 1. The number of hydrogen-bond donors (Lipinski definition) is 6. The first-order valence-corrected chi connectivity index (χ1v) is 12.4. The Morgan fingerprint density at radius 3 is 2.42 bits per heavy atom. The molecule has 3 aliphatic rings. The molecule has 1 aromatic rings. The third-order valence-electron chi connectivity index (χ3n) is 7.70. The summed E-state index contributed by atoms with van der Waals surface area (Å²) in [5.41, 5.74) is 1.14. The van der Waals surface area contributed by atoms with Crippen molar-refractivity contribution in [3.63, 3.8) is 0 Å². The molecule has 0 saturated heterocycles. The van der Waals surface area contributed by atoms with E-state index in [1.807, 2.05) is 20.8 Å². The Bertz CT molecular complexity index is 1310. The van der Waals surface area contributed by atoms with Crippen LogP contribution in [0, 0.1) is 23.1 Å². The van der Waals surface area contributed by atoms with E-state index >= 15 is 4.39 Å². The van der Waals surface area contributed by atoms with Gasteiger partial charge < -0.3 is 31.5 Å². The minimum Gasteiger partial charge on any atom is -0.510 e. The maximum atomic E-state index is 15.7. The lowest BCUT2D eigenvalue weighted by atomic mass is 9.58. The molecular weight excluding hydrogens is 497 g/mol. The quantitative estimate of drug-likeness (QED) is 0.307. The van der Waals surface area contributed by atoms with Crippen molar-refractivity contribution in [3.05, 3.63) is 51.2 Å². The number of ketones is 2. The minimum absolute atomic E-state index is 0.0179. The van der Waals surface area contributed by atoms with E-state index in [0.717, 1.165) is 6.07 Å². The Morgan fingerprint density at radius 1 is 1.24 bits per heavy atom. The van der Waals surface area contributed by atoms with Crippen LogP contribution in [0.4, 0.5) is 4.39 Å². The van der Waals surface area contributed by atoms with Gasteiger partial charge in [0.05, 0.1) is 11.6 Å². The summed E-state index contributed by atoms with van der Waals surface area (Å²) < 4.78 is 15.7. The van der Waals surface area contributed by atoms with Crippen LogP contribution in [0.5, 0.6) is 5.75 Å². The number of allylic oxidation sites excluding steroid dienone is 1. The summed E-state index contributed by atoms with van der Waals surface area (Å²) in [4.78, 5) is 40.3. The monoisotopic (exact) mass is 531 g/mol. The van der Waals surface area contributed by atoms with E-state index in [9.17, 15) is 34.8 Å². The van der Waals surface area contributed by atoms with Crippen LogP contribution in [-0.4, -0.2) is 75.1 Å². The summed E-state index contributed by atoms with van der Waals surface area (Å²) in [6.45, 7) is 6.74. The Labute approximate surface area is 219 Å². The Kier molecular flexibility index (Phi) is 6.70. The highest BCUT2D eigenvalue weighted by Crippen LogP contribution is 2.52. The van der Waals surface area contributed by atoms with Gasteiger partial charge in [0.15, 0.2) is 11.4 Å². The van der Waals surface area contributed by atoms with Gasteiger partial charge in [-0.3, -0.25) is 19.3 Å². The topological polar surface area (TPSA) is 173 Å². The highest BCUT2D eigenvalue weighted by atomic mass is 19.1. The van der Waals surface area contributed by atoms with Crippen molar-refractivity contribution in [2.24, 2.45) is 23.0 Å². The highest BCUT2D eigenvalue weighted by Gasteiger charge is 2.63. The molecule has 38 heavy (non-hydrogen) atoms. The van der Waals surface area contributed by atoms with Gasteiger partial charge in [-0.05, 0) is 44.3 Å². The Hall–Kier alpha value is -3.28. The average Bonchev–Trinajstić information content (AvgIpc) is 2.78. The molecule has 0 heterocycles. The molecule has 1 aromatic carbocycles. The summed E-state index contributed by atoms with van der Waals surface area (Å²) in [5, 5.41) is 47.5. The Morgan fingerprint density at radius 2 is 1.87 bits per heavy atom. The first-order valence-electron chi connectivity index (χ1n) is 12.4. The third kappa shape index (κ3) is 4.09. The lowest BCUT2D eigenvalue weighted by Gasteiger charge is -2.50. The summed E-state index contributed by atoms with van der Waals surface area (Å²) >= 11 is 0. The Balaban J connectivity index is 1.83. The summed E-state index contributed by atoms with van der Waals surface area (Å²) in [5.74, 6) is -8.29. The molecule has 0 unspecified atom stereocenters. The lowest BCUT2D eigenvalue weighted by molar-refractivity contribution is -0.148. The molecule has 0 aliphatic heterocycles. The number of aromatic hydroxyl groups is 1. The molecular formula is C27H34FN3O7. The molecule has 206 valence electrons. The minimum atomic E-state index is -2.73. The van der Waals surface area contributed by atoms with Gasteiger partial charge in [0.2, 0.25) is 5.78 Å². The van der Waals surface area contributed by atoms with E-state index in [4.69, 9.17) is 5.73 Å². The predicted molar refractivity (Wildman–Crippen MR) is 135 cm³/mol. The van der Waals surface area contributed by atoms with Crippen LogP contribution >= 0.6 is 0 Å². The number of amides is 1. The van der Waals surface area contributed by atoms with Gasteiger partial charge in [0.1, 0.15) is 28.7 Å². The third-order valence-corrected chi connectivity index (χ3v) is 7.70. The molecule has 0 aromatic heterocycles. The van der Waals surface area contributed by atoms with E-state index in [0.29, 0.717) is 6.54 Å². The molecule has 4 rings (SSSR count). The fourth-order valence-electron chi connectivity index (χ4n) is 6.05. The number of benzene rings is 1. The number of carbonyl (C=O) groups is 3. The number of nitrogens with zero attached hydrogens (tertiary/aromatic N) is 1. The van der Waals surface area contributed by atoms with Crippen molar-refractivity contribution in [2.75, 3.05) is 20.6 Å². The van der Waals surface area contributed by atoms with Crippen LogP contribution in [0.25, 0.3) is 0 Å². The number of rotatable bonds is 5. The van der Waals surface area contributed by atoms with Crippen molar-refractivity contribution in [1.29, 1.82) is 0 Å². The van der Waals surface area contributed by atoms with Crippen molar-refractivity contribution in [2.45, 2.75) is 51.8 Å². The van der Waals surface area contributed by atoms with Gasteiger partial charge in [0.25, 0.3) is 5.91 Å². The summed E-state index contributed by atoms with van der Waals surface area (Å²) in [6, 6.07) is 0.0476. The second kappa shape index (κ2) is 9.18. The van der Waals surface area contributed by atoms with Gasteiger partial charge in [0, 0.05) is 35.7 Å². The van der Waals surface area contributed by atoms with Gasteiger partial charge in [-0.25, -0.2) is 4.39 Å². The SMILES string of the molecule is CN(C)[C@@H]1C(O)=C(C(N)=O)C(=O)[C@@]2(O)C(O)=C3C(=O)c4c(O)cc(CNCC(C)(C)C)c(F)c4C[C@H]3C[C@@H]12. The molecule has 1 amide bonds. The standard InChI is InChI=1S/C27H34FN3O7/c1-26(2,3)10-30-9-12-8-15(32)17-13(19(12)28)6-11-7-14-20(31(4)5)22(34)18(25(29)37)24(36)27(14,38)23(35)16(11)21(17)33/h8,11,14,20,30,32,34-35,38H,6-7,9-10H2,1-5H3,(H2,29,37)/t11-,14-,20-,27-/m0/s1. The summed E-state index contributed by atoms with van der Waals surface area (Å²) in [6.07, 6.45) is -0.195. The first-order chi connectivity index (χ1) is 17.5. The van der Waals surface area contributed by atoms with E-state index in [2.05, 4.69) is 5.32 Å². The number of phenolic OH excluding ortho intramolecular Hbond substituents is 1. The lowest BCUT2D eigenvalue weighted by Crippen LogP contribution is -2.63. The maximum absolute atomic E-state index is 15.7. The van der Waals surface area contributed by atoms with Gasteiger partial charge in [-0.15, -0.1) is 0 Å². The van der Waals surface area contributed by atoms with Crippen molar-refractivity contribution in [1.82, 2.24) is 10.2 Å². The number of carbonyl (C=O) groups excluding carboxylic acids is 3. The van der Waals surface area contributed by atoms with Crippen LogP contribution in [0.3, 0.4) is 0 Å². The molecule has 4 atom stereocenters. The molecule has 0 saturated carbocycles. The average molecular weight is 532 g/mol. The largest absolute Gasteiger partial charge is 0.510 e. The second-order valence-corrected chi connectivity index (χ2v) is 11.8. The zero-order valence-corrected chi connectivity index (χ0v) is 22.1. The molecule has 3 aliphatic carbocycles. The van der Waals surface area contributed by atoms with Crippen molar-refractivity contribution in [3.8, 4) is 5.75 Å². The van der Waals surface area contributed by atoms with Crippen LogP contribution in [-0.2, 0) is 22.6 Å². The van der Waals surface area contributed by atoms with E-state index in [-0.39, 0.29) is 47.1 Å². The number of halogens is 1. The van der Waals surface area contributed by atoms with Crippen LogP contribution in [0.2, 0.25) is 0 Å². The normalized spacial score (nSPS) is 27.4. The molecule has 11 heteroatoms. The van der Waals surface area contributed by atoms with Crippen molar-refractivity contribution >= 4 is 17.5 Å². The van der Waals surface area contributed by atoms with Gasteiger partial charge in [-0.1, -0.05) is 20.8 Å².